The van der Waals surface area contributed by atoms with Crippen LogP contribution in [0.3, 0.4) is 0 Å². The van der Waals surface area contributed by atoms with Gasteiger partial charge in [-0.25, -0.2) is 4.98 Å². The highest BCUT2D eigenvalue weighted by Gasteiger charge is 2.18. The van der Waals surface area contributed by atoms with Gasteiger partial charge in [0.1, 0.15) is 18.2 Å². The number of para-hydroxylation sites is 1. The molecule has 5 aromatic rings. The SMILES string of the molecule is N=C(N)c1cc2c(OC(COc3nc4ccccc4s3)c3ccccc3)cccc2s1. The van der Waals surface area contributed by atoms with Gasteiger partial charge >= 0.3 is 0 Å². The summed E-state index contributed by atoms with van der Waals surface area (Å²) < 4.78 is 14.6. The zero-order valence-electron chi connectivity index (χ0n) is 16.4. The molecule has 7 heteroatoms. The lowest BCUT2D eigenvalue weighted by atomic mass is 10.1. The molecule has 0 spiro atoms. The van der Waals surface area contributed by atoms with Crippen LogP contribution in [0.5, 0.6) is 10.9 Å². The van der Waals surface area contributed by atoms with Gasteiger partial charge in [-0.15, -0.1) is 11.3 Å². The molecule has 2 aromatic heterocycles. The zero-order valence-corrected chi connectivity index (χ0v) is 18.1. The number of aromatic nitrogens is 1. The molecular weight excluding hydrogens is 426 g/mol. The third-order valence-electron chi connectivity index (χ3n) is 4.86. The smallest absolute Gasteiger partial charge is 0.274 e. The molecule has 31 heavy (non-hydrogen) atoms. The van der Waals surface area contributed by atoms with E-state index in [2.05, 4.69) is 4.98 Å². The van der Waals surface area contributed by atoms with Gasteiger partial charge < -0.3 is 15.2 Å². The second-order valence-electron chi connectivity index (χ2n) is 6.97. The topological polar surface area (TPSA) is 81.2 Å². The Bertz CT molecular complexity index is 1330. The quantitative estimate of drug-likeness (QED) is 0.238. The average Bonchev–Trinajstić information content (AvgIpc) is 3.41. The third-order valence-corrected chi connectivity index (χ3v) is 6.94. The van der Waals surface area contributed by atoms with E-state index in [-0.39, 0.29) is 11.9 Å². The van der Waals surface area contributed by atoms with E-state index >= 15 is 0 Å². The van der Waals surface area contributed by atoms with Crippen LogP contribution in [-0.4, -0.2) is 17.4 Å². The molecule has 0 fully saturated rings. The Labute approximate surface area is 187 Å². The normalized spacial score (nSPS) is 12.1. The van der Waals surface area contributed by atoms with E-state index in [9.17, 15) is 0 Å². The molecule has 0 aliphatic carbocycles. The number of nitrogens with zero attached hydrogens (tertiary/aromatic N) is 1. The van der Waals surface area contributed by atoms with Crippen molar-refractivity contribution in [2.75, 3.05) is 6.61 Å². The highest BCUT2D eigenvalue weighted by atomic mass is 32.1. The lowest BCUT2D eigenvalue weighted by molar-refractivity contribution is 0.131. The number of hydrogen-bond donors (Lipinski definition) is 2. The molecule has 0 aliphatic heterocycles. The van der Waals surface area contributed by atoms with Crippen LogP contribution in [0.2, 0.25) is 0 Å². The Hall–Kier alpha value is -3.42. The van der Waals surface area contributed by atoms with Gasteiger partial charge in [-0.2, -0.15) is 0 Å². The van der Waals surface area contributed by atoms with Crippen LogP contribution in [0.15, 0.2) is 78.9 Å². The Morgan fingerprint density at radius 2 is 1.71 bits per heavy atom. The predicted molar refractivity (Wildman–Crippen MR) is 128 cm³/mol. The molecule has 0 aliphatic rings. The molecular formula is C24H19N3O2S2. The predicted octanol–water partition coefficient (Wildman–Crippen LogP) is 5.99. The fraction of sp³-hybridized carbons (Fsp3) is 0.0833. The molecule has 0 saturated carbocycles. The van der Waals surface area contributed by atoms with Gasteiger partial charge in [0, 0.05) is 10.1 Å². The molecule has 154 valence electrons. The number of rotatable bonds is 7. The Morgan fingerprint density at radius 3 is 2.52 bits per heavy atom. The summed E-state index contributed by atoms with van der Waals surface area (Å²) in [5, 5.41) is 9.31. The first-order valence-electron chi connectivity index (χ1n) is 9.74. The van der Waals surface area contributed by atoms with Gasteiger partial charge in [-0.1, -0.05) is 59.9 Å². The molecule has 3 N–H and O–H groups in total. The fourth-order valence-corrected chi connectivity index (χ4v) is 5.11. The number of thiazole rings is 1. The minimum absolute atomic E-state index is 0.0610. The van der Waals surface area contributed by atoms with Crippen molar-refractivity contribution in [2.45, 2.75) is 6.10 Å². The van der Waals surface area contributed by atoms with Crippen LogP contribution in [0, 0.1) is 5.41 Å². The number of amidine groups is 1. The number of thiophene rings is 1. The number of ether oxygens (including phenoxy) is 2. The van der Waals surface area contributed by atoms with Crippen molar-refractivity contribution in [3.05, 3.63) is 89.3 Å². The molecule has 5 nitrogen and oxygen atoms in total. The van der Waals surface area contributed by atoms with Crippen molar-refractivity contribution in [3.63, 3.8) is 0 Å². The lowest BCUT2D eigenvalue weighted by Crippen LogP contribution is -2.16. The first-order chi connectivity index (χ1) is 15.2. The first kappa shape index (κ1) is 19.5. The number of hydrogen-bond acceptors (Lipinski definition) is 6. The van der Waals surface area contributed by atoms with Crippen LogP contribution in [0.25, 0.3) is 20.3 Å². The number of fused-ring (bicyclic) bond motifs is 2. The van der Waals surface area contributed by atoms with Gasteiger partial charge in [0.2, 0.25) is 0 Å². The van der Waals surface area contributed by atoms with Gasteiger partial charge in [0.25, 0.3) is 5.19 Å². The van der Waals surface area contributed by atoms with Gasteiger partial charge in [0.15, 0.2) is 6.10 Å². The van der Waals surface area contributed by atoms with Gasteiger partial charge in [-0.3, -0.25) is 5.41 Å². The van der Waals surface area contributed by atoms with E-state index in [1.807, 2.05) is 78.9 Å². The molecule has 0 amide bonds. The maximum Gasteiger partial charge on any atom is 0.274 e. The maximum absolute atomic E-state index is 7.74. The highest BCUT2D eigenvalue weighted by Crippen LogP contribution is 2.35. The van der Waals surface area contributed by atoms with Crippen LogP contribution < -0.4 is 15.2 Å². The third kappa shape index (κ3) is 4.10. The molecule has 0 saturated heterocycles. The molecule has 2 heterocycles. The summed E-state index contributed by atoms with van der Waals surface area (Å²) in [5.41, 5.74) is 7.64. The Balaban J connectivity index is 1.44. The van der Waals surface area contributed by atoms with E-state index in [4.69, 9.17) is 20.6 Å². The Morgan fingerprint density at radius 1 is 0.935 bits per heavy atom. The molecule has 1 atom stereocenters. The summed E-state index contributed by atoms with van der Waals surface area (Å²) in [4.78, 5) is 5.29. The summed E-state index contributed by atoms with van der Waals surface area (Å²) in [5.74, 6) is 0.800. The second-order valence-corrected chi connectivity index (χ2v) is 9.04. The van der Waals surface area contributed by atoms with Crippen molar-refractivity contribution in [1.82, 2.24) is 4.98 Å². The van der Waals surface area contributed by atoms with E-state index < -0.39 is 0 Å². The lowest BCUT2D eigenvalue weighted by Gasteiger charge is -2.20. The minimum atomic E-state index is -0.320. The van der Waals surface area contributed by atoms with Crippen LogP contribution in [-0.2, 0) is 0 Å². The summed E-state index contributed by atoms with van der Waals surface area (Å²) >= 11 is 3.01. The summed E-state index contributed by atoms with van der Waals surface area (Å²) in [6.07, 6.45) is -0.320. The second kappa shape index (κ2) is 8.37. The molecule has 5 rings (SSSR count). The van der Waals surface area contributed by atoms with E-state index in [1.165, 1.54) is 22.7 Å². The van der Waals surface area contributed by atoms with Crippen LogP contribution in [0.1, 0.15) is 16.5 Å². The van der Waals surface area contributed by atoms with E-state index in [1.54, 1.807) is 0 Å². The standard InChI is InChI=1S/C24H19N3O2S2/c25-23(26)22-13-16-18(10-6-12-20(16)30-22)29-19(15-7-2-1-3-8-15)14-28-24-27-17-9-4-5-11-21(17)31-24/h1-13,19H,14H2,(H3,25,26). The first-order valence-corrected chi connectivity index (χ1v) is 11.4. The van der Waals surface area contributed by atoms with Crippen LogP contribution in [0.4, 0.5) is 0 Å². The average molecular weight is 446 g/mol. The van der Waals surface area contributed by atoms with Crippen molar-refractivity contribution in [2.24, 2.45) is 5.73 Å². The number of nitrogens with one attached hydrogen (secondary N) is 1. The summed E-state index contributed by atoms with van der Waals surface area (Å²) in [6, 6.07) is 25.8. The molecule has 1 unspecified atom stereocenters. The number of benzene rings is 3. The highest BCUT2D eigenvalue weighted by molar-refractivity contribution is 7.21. The van der Waals surface area contributed by atoms with Crippen molar-refractivity contribution in [3.8, 4) is 10.9 Å². The number of nitrogens with two attached hydrogens (primary N) is 1. The molecule has 0 bridgehead atoms. The van der Waals surface area contributed by atoms with Crippen molar-refractivity contribution in [1.29, 1.82) is 5.41 Å². The van der Waals surface area contributed by atoms with E-state index in [0.29, 0.717) is 11.8 Å². The summed E-state index contributed by atoms with van der Waals surface area (Å²) in [7, 11) is 0. The monoisotopic (exact) mass is 445 g/mol. The van der Waals surface area contributed by atoms with Crippen molar-refractivity contribution < 1.29 is 9.47 Å². The van der Waals surface area contributed by atoms with Gasteiger partial charge in [-0.05, 0) is 35.9 Å². The zero-order chi connectivity index (χ0) is 21.2. The molecule has 0 radical (unpaired) electrons. The largest absolute Gasteiger partial charge is 0.481 e. The Kier molecular flexibility index (Phi) is 5.28. The number of nitrogen functional groups attached to an aromatic ring is 1. The van der Waals surface area contributed by atoms with Crippen LogP contribution >= 0.6 is 22.7 Å². The minimum Gasteiger partial charge on any atom is -0.481 e. The van der Waals surface area contributed by atoms with Crippen molar-refractivity contribution >= 4 is 48.8 Å². The molecule has 3 aromatic carbocycles. The van der Waals surface area contributed by atoms with Gasteiger partial charge in [0.05, 0.1) is 15.1 Å². The maximum atomic E-state index is 7.74. The fourth-order valence-electron chi connectivity index (χ4n) is 3.35. The summed E-state index contributed by atoms with van der Waals surface area (Å²) in [6.45, 7) is 0.323. The van der Waals surface area contributed by atoms with E-state index in [0.717, 1.165) is 36.5 Å².